The quantitative estimate of drug-likeness (QED) is 0.936. The maximum atomic E-state index is 12.2. The average molecular weight is 286 g/mol. The Hall–Kier alpha value is -1.88. The number of likely N-dealkylation sites (N-methyl/N-ethyl adjacent to an activating group) is 1. The van der Waals surface area contributed by atoms with E-state index in [0.717, 1.165) is 37.0 Å². The van der Waals surface area contributed by atoms with Crippen molar-refractivity contribution < 1.29 is 4.79 Å². The molecule has 1 saturated heterocycles. The maximum Gasteiger partial charge on any atom is 0.236 e. The molecule has 1 aliphatic heterocycles. The van der Waals surface area contributed by atoms with Gasteiger partial charge in [-0.25, -0.2) is 4.98 Å². The lowest BCUT2D eigenvalue weighted by atomic mass is 9.94. The predicted octanol–water partition coefficient (Wildman–Crippen LogP) is 1.83. The monoisotopic (exact) mass is 286 g/mol. The molecule has 112 valence electrons. The molecule has 0 aromatic carbocycles. The minimum absolute atomic E-state index is 0.221. The summed E-state index contributed by atoms with van der Waals surface area (Å²) < 4.78 is 0. The highest BCUT2D eigenvalue weighted by atomic mass is 16.2. The van der Waals surface area contributed by atoms with Gasteiger partial charge in [0, 0.05) is 36.3 Å². The molecule has 1 N–H and O–H groups in total. The summed E-state index contributed by atoms with van der Waals surface area (Å²) in [7, 11) is 3.87. The van der Waals surface area contributed by atoms with Crippen molar-refractivity contribution in [2.45, 2.75) is 18.8 Å². The molecule has 3 rings (SSSR count). The number of carbonyl (C=O) groups is 1. The van der Waals surface area contributed by atoms with Crippen LogP contribution in [0.25, 0.3) is 11.0 Å². The number of hydrogen-bond donors (Lipinski definition) is 1. The molecule has 1 unspecified atom stereocenters. The van der Waals surface area contributed by atoms with Gasteiger partial charge in [-0.15, -0.1) is 0 Å². The van der Waals surface area contributed by atoms with E-state index in [-0.39, 0.29) is 5.91 Å². The minimum atomic E-state index is 0.221. The van der Waals surface area contributed by atoms with E-state index in [1.165, 1.54) is 5.69 Å². The van der Waals surface area contributed by atoms with E-state index in [4.69, 9.17) is 0 Å². The third-order valence-corrected chi connectivity index (χ3v) is 4.08. The number of hydrogen-bond acceptors (Lipinski definition) is 3. The molecule has 0 spiro atoms. The molecule has 1 aliphatic rings. The summed E-state index contributed by atoms with van der Waals surface area (Å²) in [5.41, 5.74) is 2.13. The Morgan fingerprint density at radius 3 is 3.14 bits per heavy atom. The number of piperidine rings is 1. The van der Waals surface area contributed by atoms with Gasteiger partial charge in [-0.1, -0.05) is 0 Å². The third kappa shape index (κ3) is 3.08. The highest BCUT2D eigenvalue weighted by Crippen LogP contribution is 2.28. The highest BCUT2D eigenvalue weighted by Gasteiger charge is 2.25. The van der Waals surface area contributed by atoms with Crippen LogP contribution in [0.5, 0.6) is 0 Å². The molecule has 2 aromatic heterocycles. The number of pyridine rings is 1. The van der Waals surface area contributed by atoms with Gasteiger partial charge in [-0.3, -0.25) is 4.79 Å². The molecule has 1 fully saturated rings. The first kappa shape index (κ1) is 14.1. The summed E-state index contributed by atoms with van der Waals surface area (Å²) in [5, 5.41) is 1.14. The van der Waals surface area contributed by atoms with Crippen LogP contribution in [-0.2, 0) is 4.79 Å². The fraction of sp³-hybridized carbons (Fsp3) is 0.500. The van der Waals surface area contributed by atoms with Gasteiger partial charge in [0.25, 0.3) is 0 Å². The van der Waals surface area contributed by atoms with E-state index in [2.05, 4.69) is 22.1 Å². The Bertz CT molecular complexity index is 601. The van der Waals surface area contributed by atoms with Crippen molar-refractivity contribution in [3.8, 4) is 0 Å². The van der Waals surface area contributed by atoms with E-state index in [0.29, 0.717) is 12.5 Å². The molecular weight excluding hydrogens is 264 g/mol. The lowest BCUT2D eigenvalue weighted by Crippen LogP contribution is -2.43. The predicted molar refractivity (Wildman–Crippen MR) is 83.2 cm³/mol. The topological polar surface area (TPSA) is 52.2 Å². The molecule has 0 aliphatic carbocycles. The van der Waals surface area contributed by atoms with Crippen molar-refractivity contribution in [2.75, 3.05) is 33.7 Å². The van der Waals surface area contributed by atoms with E-state index in [1.54, 1.807) is 6.20 Å². The van der Waals surface area contributed by atoms with Crippen LogP contribution in [0.3, 0.4) is 0 Å². The number of nitrogens with zero attached hydrogens (tertiary/aromatic N) is 3. The Labute approximate surface area is 125 Å². The number of amides is 1. The van der Waals surface area contributed by atoms with E-state index < -0.39 is 0 Å². The van der Waals surface area contributed by atoms with Crippen molar-refractivity contribution in [3.05, 3.63) is 30.1 Å². The Kier molecular flexibility index (Phi) is 3.92. The molecule has 3 heterocycles. The molecule has 1 amide bonds. The van der Waals surface area contributed by atoms with E-state index >= 15 is 0 Å². The molecule has 2 aromatic rings. The van der Waals surface area contributed by atoms with Crippen LogP contribution < -0.4 is 0 Å². The number of likely N-dealkylation sites (tertiary alicyclic amines) is 1. The molecule has 0 saturated carbocycles. The summed E-state index contributed by atoms with van der Waals surface area (Å²) in [4.78, 5) is 23.9. The van der Waals surface area contributed by atoms with Gasteiger partial charge in [0.15, 0.2) is 0 Å². The van der Waals surface area contributed by atoms with Gasteiger partial charge in [0.2, 0.25) is 5.91 Å². The number of aromatic nitrogens is 2. The fourth-order valence-corrected chi connectivity index (χ4v) is 3.03. The normalized spacial score (nSPS) is 19.4. The van der Waals surface area contributed by atoms with Crippen molar-refractivity contribution in [1.29, 1.82) is 0 Å². The standard InChI is InChI=1S/C16H22N4O/c1-19(2)11-15(21)20-8-4-6-13(10-20)14-9-12-5-3-7-17-16(12)18-14/h3,5,7,9,13H,4,6,8,10-11H2,1-2H3,(H,17,18). The number of carbonyl (C=O) groups excluding carboxylic acids is 1. The Morgan fingerprint density at radius 1 is 1.52 bits per heavy atom. The van der Waals surface area contributed by atoms with Crippen LogP contribution in [0.2, 0.25) is 0 Å². The SMILES string of the molecule is CN(C)CC(=O)N1CCCC(c2cc3cccnc3[nH]2)C1. The summed E-state index contributed by atoms with van der Waals surface area (Å²) in [6, 6.07) is 6.20. The lowest BCUT2D eigenvalue weighted by Gasteiger charge is -2.33. The van der Waals surface area contributed by atoms with Gasteiger partial charge in [-0.2, -0.15) is 0 Å². The number of fused-ring (bicyclic) bond motifs is 1. The van der Waals surface area contributed by atoms with Crippen molar-refractivity contribution in [3.63, 3.8) is 0 Å². The Morgan fingerprint density at radius 2 is 2.38 bits per heavy atom. The molecule has 0 radical (unpaired) electrons. The molecule has 0 bridgehead atoms. The van der Waals surface area contributed by atoms with Crippen molar-refractivity contribution in [1.82, 2.24) is 19.8 Å². The van der Waals surface area contributed by atoms with Crippen LogP contribution in [0, 0.1) is 0 Å². The number of nitrogens with one attached hydrogen (secondary N) is 1. The highest BCUT2D eigenvalue weighted by molar-refractivity contribution is 5.79. The summed E-state index contributed by atoms with van der Waals surface area (Å²) in [6.07, 6.45) is 3.99. The molecule has 21 heavy (non-hydrogen) atoms. The summed E-state index contributed by atoms with van der Waals surface area (Å²) in [5.74, 6) is 0.609. The first-order valence-electron chi connectivity index (χ1n) is 7.49. The van der Waals surface area contributed by atoms with Gasteiger partial charge >= 0.3 is 0 Å². The second-order valence-corrected chi connectivity index (χ2v) is 6.08. The van der Waals surface area contributed by atoms with Crippen LogP contribution in [-0.4, -0.2) is 59.4 Å². The van der Waals surface area contributed by atoms with Crippen LogP contribution >= 0.6 is 0 Å². The third-order valence-electron chi connectivity index (χ3n) is 4.08. The zero-order valence-corrected chi connectivity index (χ0v) is 12.7. The number of H-pyrrole nitrogens is 1. The largest absolute Gasteiger partial charge is 0.343 e. The first-order valence-corrected chi connectivity index (χ1v) is 7.49. The van der Waals surface area contributed by atoms with Crippen LogP contribution in [0.4, 0.5) is 0 Å². The molecule has 1 atom stereocenters. The van der Waals surface area contributed by atoms with Gasteiger partial charge in [0.1, 0.15) is 5.65 Å². The summed E-state index contributed by atoms with van der Waals surface area (Å²) in [6.45, 7) is 2.17. The zero-order valence-electron chi connectivity index (χ0n) is 12.7. The molecular formula is C16H22N4O. The zero-order chi connectivity index (χ0) is 14.8. The van der Waals surface area contributed by atoms with E-state index in [9.17, 15) is 4.79 Å². The smallest absolute Gasteiger partial charge is 0.236 e. The van der Waals surface area contributed by atoms with Gasteiger partial charge < -0.3 is 14.8 Å². The van der Waals surface area contributed by atoms with Crippen molar-refractivity contribution >= 4 is 16.9 Å². The van der Waals surface area contributed by atoms with Gasteiger partial charge in [0.05, 0.1) is 6.54 Å². The molecule has 5 nitrogen and oxygen atoms in total. The van der Waals surface area contributed by atoms with Crippen LogP contribution in [0.15, 0.2) is 24.4 Å². The maximum absolute atomic E-state index is 12.2. The fourth-order valence-electron chi connectivity index (χ4n) is 3.03. The average Bonchev–Trinajstić information content (AvgIpc) is 2.90. The van der Waals surface area contributed by atoms with E-state index in [1.807, 2.05) is 30.0 Å². The first-order chi connectivity index (χ1) is 10.1. The minimum Gasteiger partial charge on any atom is -0.343 e. The Balaban J connectivity index is 1.74. The van der Waals surface area contributed by atoms with Crippen molar-refractivity contribution in [2.24, 2.45) is 0 Å². The van der Waals surface area contributed by atoms with Crippen LogP contribution in [0.1, 0.15) is 24.5 Å². The molecule has 5 heteroatoms. The second-order valence-electron chi connectivity index (χ2n) is 6.08. The summed E-state index contributed by atoms with van der Waals surface area (Å²) >= 11 is 0. The number of rotatable bonds is 3. The lowest BCUT2D eigenvalue weighted by molar-refractivity contribution is -0.133. The number of aromatic amines is 1. The van der Waals surface area contributed by atoms with Gasteiger partial charge in [-0.05, 0) is 45.1 Å². The second kappa shape index (κ2) is 5.85.